The smallest absolute Gasteiger partial charge is 0.434 e. The van der Waals surface area contributed by atoms with Crippen molar-refractivity contribution in [3.63, 3.8) is 0 Å². The number of pyridine rings is 1. The lowest BCUT2D eigenvalue weighted by Gasteiger charge is -2.26. The third kappa shape index (κ3) is 4.84. The van der Waals surface area contributed by atoms with Crippen LogP contribution in [0.25, 0.3) is 16.8 Å². The van der Waals surface area contributed by atoms with Crippen molar-refractivity contribution in [2.45, 2.75) is 45.8 Å². The number of fused-ring (bicyclic) bond motifs is 1. The van der Waals surface area contributed by atoms with E-state index in [1.54, 1.807) is 18.3 Å². The molecule has 0 unspecified atom stereocenters. The second-order valence-electron chi connectivity index (χ2n) is 8.02. The van der Waals surface area contributed by atoms with Gasteiger partial charge < -0.3 is 10.5 Å². The van der Waals surface area contributed by atoms with E-state index in [0.717, 1.165) is 22.7 Å². The standard InChI is InChI=1S/C20H24F3N5O/c1-12(2)8-19(4,24)11-29-18-13(3)7-14(9-25-18)15-5-6-26-28-10-16(20(21,22)23)27-17(15)28/h5-7,9-10,12H,8,11,24H2,1-4H3/t19-/m1/s1. The number of ether oxygens (including phenoxy) is 1. The summed E-state index contributed by atoms with van der Waals surface area (Å²) in [6.07, 6.45) is 0.112. The van der Waals surface area contributed by atoms with Crippen LogP contribution in [0.5, 0.6) is 5.88 Å². The van der Waals surface area contributed by atoms with E-state index in [0.29, 0.717) is 29.5 Å². The monoisotopic (exact) mass is 407 g/mol. The Hall–Kier alpha value is -2.68. The van der Waals surface area contributed by atoms with Crippen molar-refractivity contribution in [1.82, 2.24) is 19.6 Å². The van der Waals surface area contributed by atoms with Crippen LogP contribution in [0, 0.1) is 12.8 Å². The van der Waals surface area contributed by atoms with Crippen molar-refractivity contribution in [3.05, 3.63) is 42.0 Å². The predicted octanol–water partition coefficient (Wildman–Crippen LogP) is 4.26. The van der Waals surface area contributed by atoms with Gasteiger partial charge in [-0.3, -0.25) is 0 Å². The molecule has 0 saturated heterocycles. The van der Waals surface area contributed by atoms with Crippen LogP contribution in [0.1, 0.15) is 38.4 Å². The summed E-state index contributed by atoms with van der Waals surface area (Å²) in [5.41, 5.74) is 6.79. The first-order valence-corrected chi connectivity index (χ1v) is 9.26. The van der Waals surface area contributed by atoms with Gasteiger partial charge in [0, 0.05) is 34.6 Å². The van der Waals surface area contributed by atoms with Gasteiger partial charge in [0.05, 0.1) is 6.20 Å². The first kappa shape index (κ1) is 21.0. The van der Waals surface area contributed by atoms with Gasteiger partial charge in [-0.05, 0) is 38.3 Å². The molecule has 3 aromatic heterocycles. The number of hydrogen-bond acceptors (Lipinski definition) is 5. The molecule has 0 bridgehead atoms. The van der Waals surface area contributed by atoms with E-state index in [-0.39, 0.29) is 5.65 Å². The minimum Gasteiger partial charge on any atom is -0.476 e. The van der Waals surface area contributed by atoms with Crippen LogP contribution in [-0.2, 0) is 6.18 Å². The highest BCUT2D eigenvalue weighted by atomic mass is 19.4. The van der Waals surface area contributed by atoms with Gasteiger partial charge in [0.2, 0.25) is 5.88 Å². The molecular weight excluding hydrogens is 383 g/mol. The average molecular weight is 407 g/mol. The Bertz CT molecular complexity index is 1010. The summed E-state index contributed by atoms with van der Waals surface area (Å²) in [4.78, 5) is 8.05. The number of hydrogen-bond donors (Lipinski definition) is 1. The third-order valence-electron chi connectivity index (χ3n) is 4.41. The number of halogens is 3. The first-order chi connectivity index (χ1) is 13.5. The maximum atomic E-state index is 13.0. The Balaban J connectivity index is 1.88. The lowest BCUT2D eigenvalue weighted by atomic mass is 9.93. The molecule has 0 radical (unpaired) electrons. The van der Waals surface area contributed by atoms with E-state index in [1.807, 2.05) is 13.8 Å². The molecule has 0 aliphatic heterocycles. The minimum atomic E-state index is -4.54. The van der Waals surface area contributed by atoms with Crippen LogP contribution >= 0.6 is 0 Å². The zero-order valence-corrected chi connectivity index (χ0v) is 16.8. The SMILES string of the molecule is Cc1cc(-c2ccnn3cc(C(F)(F)F)nc23)cnc1OC[C@](C)(N)CC(C)C. The molecule has 0 saturated carbocycles. The summed E-state index contributed by atoms with van der Waals surface area (Å²) in [5, 5.41) is 3.92. The summed E-state index contributed by atoms with van der Waals surface area (Å²) in [7, 11) is 0. The molecule has 0 fully saturated rings. The largest absolute Gasteiger partial charge is 0.476 e. The number of nitrogens with zero attached hydrogens (tertiary/aromatic N) is 4. The van der Waals surface area contributed by atoms with Crippen molar-refractivity contribution >= 4 is 5.65 Å². The molecule has 1 atom stereocenters. The quantitative estimate of drug-likeness (QED) is 0.661. The lowest BCUT2D eigenvalue weighted by Crippen LogP contribution is -2.43. The molecule has 2 N–H and O–H groups in total. The van der Waals surface area contributed by atoms with Crippen LogP contribution in [0.2, 0.25) is 0 Å². The minimum absolute atomic E-state index is 0.112. The Morgan fingerprint density at radius 1 is 1.28 bits per heavy atom. The van der Waals surface area contributed by atoms with Crippen LogP contribution in [0.4, 0.5) is 13.2 Å². The molecule has 3 aromatic rings. The molecule has 6 nitrogen and oxygen atoms in total. The Morgan fingerprint density at radius 2 is 2.00 bits per heavy atom. The number of alkyl halides is 3. The molecule has 0 aromatic carbocycles. The second-order valence-corrected chi connectivity index (χ2v) is 8.02. The van der Waals surface area contributed by atoms with Crippen LogP contribution in [-0.4, -0.2) is 31.7 Å². The summed E-state index contributed by atoms with van der Waals surface area (Å²) in [5.74, 6) is 0.883. The molecule has 29 heavy (non-hydrogen) atoms. The zero-order chi connectivity index (χ0) is 21.4. The topological polar surface area (TPSA) is 78.3 Å². The Labute approximate surface area is 166 Å². The Morgan fingerprint density at radius 3 is 2.62 bits per heavy atom. The highest BCUT2D eigenvalue weighted by Gasteiger charge is 2.34. The van der Waals surface area contributed by atoms with Gasteiger partial charge in [0.25, 0.3) is 0 Å². The van der Waals surface area contributed by atoms with E-state index < -0.39 is 17.4 Å². The number of aromatic nitrogens is 4. The molecule has 0 aliphatic rings. The molecular formula is C20H24F3N5O. The first-order valence-electron chi connectivity index (χ1n) is 9.26. The summed E-state index contributed by atoms with van der Waals surface area (Å²) >= 11 is 0. The Kier molecular flexibility index (Phi) is 5.53. The summed E-state index contributed by atoms with van der Waals surface area (Å²) in [6, 6.07) is 3.41. The average Bonchev–Trinajstić information content (AvgIpc) is 3.04. The van der Waals surface area contributed by atoms with Crippen molar-refractivity contribution in [3.8, 4) is 17.0 Å². The fourth-order valence-electron chi connectivity index (χ4n) is 3.34. The van der Waals surface area contributed by atoms with Crippen molar-refractivity contribution in [1.29, 1.82) is 0 Å². The van der Waals surface area contributed by atoms with Crippen LogP contribution < -0.4 is 10.5 Å². The summed E-state index contributed by atoms with van der Waals surface area (Å²) < 4.78 is 45.9. The van der Waals surface area contributed by atoms with Gasteiger partial charge in [-0.1, -0.05) is 13.8 Å². The van der Waals surface area contributed by atoms with E-state index in [4.69, 9.17) is 10.5 Å². The van der Waals surface area contributed by atoms with Crippen molar-refractivity contribution in [2.24, 2.45) is 11.7 Å². The number of imidazole rings is 1. The third-order valence-corrected chi connectivity index (χ3v) is 4.41. The van der Waals surface area contributed by atoms with Crippen LogP contribution in [0.15, 0.2) is 30.7 Å². The molecule has 9 heteroatoms. The molecule has 3 heterocycles. The van der Waals surface area contributed by atoms with E-state index in [2.05, 4.69) is 28.9 Å². The van der Waals surface area contributed by atoms with Crippen molar-refractivity contribution in [2.75, 3.05) is 6.61 Å². The maximum Gasteiger partial charge on any atom is 0.434 e. The van der Waals surface area contributed by atoms with Gasteiger partial charge >= 0.3 is 6.18 Å². The lowest BCUT2D eigenvalue weighted by molar-refractivity contribution is -0.140. The summed E-state index contributed by atoms with van der Waals surface area (Å²) in [6.45, 7) is 8.26. The van der Waals surface area contributed by atoms with Gasteiger partial charge in [-0.25, -0.2) is 14.5 Å². The fraction of sp³-hybridized carbons (Fsp3) is 0.450. The van der Waals surface area contributed by atoms with Crippen molar-refractivity contribution < 1.29 is 17.9 Å². The zero-order valence-electron chi connectivity index (χ0n) is 16.8. The molecule has 0 amide bonds. The number of nitrogens with two attached hydrogens (primary N) is 1. The number of rotatable bonds is 6. The molecule has 156 valence electrons. The molecule has 0 aliphatic carbocycles. The van der Waals surface area contributed by atoms with Crippen LogP contribution in [0.3, 0.4) is 0 Å². The van der Waals surface area contributed by atoms with Gasteiger partial charge in [0.1, 0.15) is 6.61 Å². The fourth-order valence-corrected chi connectivity index (χ4v) is 3.34. The van der Waals surface area contributed by atoms with Gasteiger partial charge in [-0.2, -0.15) is 18.3 Å². The maximum absolute atomic E-state index is 13.0. The molecule has 3 rings (SSSR count). The highest BCUT2D eigenvalue weighted by molar-refractivity contribution is 5.77. The van der Waals surface area contributed by atoms with E-state index in [9.17, 15) is 13.2 Å². The van der Waals surface area contributed by atoms with E-state index >= 15 is 0 Å². The van der Waals surface area contributed by atoms with Gasteiger partial charge in [0.15, 0.2) is 11.3 Å². The van der Waals surface area contributed by atoms with E-state index in [1.165, 1.54) is 6.20 Å². The number of aryl methyl sites for hydroxylation is 1. The highest BCUT2D eigenvalue weighted by Crippen LogP contribution is 2.32. The predicted molar refractivity (Wildman–Crippen MR) is 103 cm³/mol. The molecule has 0 spiro atoms. The normalized spacial score (nSPS) is 14.4. The second kappa shape index (κ2) is 7.62. The van der Waals surface area contributed by atoms with Gasteiger partial charge in [-0.15, -0.1) is 0 Å².